The van der Waals surface area contributed by atoms with Gasteiger partial charge in [0.15, 0.2) is 0 Å². The van der Waals surface area contributed by atoms with Gasteiger partial charge >= 0.3 is 0 Å². The first kappa shape index (κ1) is 12.6. The minimum absolute atomic E-state index is 1.01. The molecular formula is C16H20N2. The molecule has 1 aromatic carbocycles. The van der Waals surface area contributed by atoms with Gasteiger partial charge in [0, 0.05) is 18.4 Å². The molecular weight excluding hydrogens is 220 g/mol. The maximum atomic E-state index is 4.23. The summed E-state index contributed by atoms with van der Waals surface area (Å²) in [5.41, 5.74) is 5.10. The van der Waals surface area contributed by atoms with Gasteiger partial charge in [-0.3, -0.25) is 4.98 Å². The van der Waals surface area contributed by atoms with Crippen LogP contribution >= 0.6 is 0 Å². The summed E-state index contributed by atoms with van der Waals surface area (Å²) in [6, 6.07) is 10.6. The number of benzene rings is 1. The maximum absolute atomic E-state index is 4.23. The molecule has 0 fully saturated rings. The van der Waals surface area contributed by atoms with Crippen molar-refractivity contribution in [3.8, 4) is 0 Å². The van der Waals surface area contributed by atoms with E-state index in [-0.39, 0.29) is 0 Å². The van der Waals surface area contributed by atoms with E-state index in [0.29, 0.717) is 0 Å². The largest absolute Gasteiger partial charge is 0.340 e. The second kappa shape index (κ2) is 5.67. The Bertz CT molecular complexity index is 486. The third kappa shape index (κ3) is 2.53. The summed E-state index contributed by atoms with van der Waals surface area (Å²) in [4.78, 5) is 6.59. The summed E-state index contributed by atoms with van der Waals surface area (Å²) < 4.78 is 0. The fourth-order valence-corrected chi connectivity index (χ4v) is 2.34. The van der Waals surface area contributed by atoms with Crippen molar-refractivity contribution >= 4 is 11.4 Å². The number of pyridine rings is 1. The average molecular weight is 240 g/mol. The fraction of sp³-hybridized carbons (Fsp3) is 0.312. The Morgan fingerprint density at radius 1 is 1.06 bits per heavy atom. The Morgan fingerprint density at radius 2 is 1.78 bits per heavy atom. The van der Waals surface area contributed by atoms with Gasteiger partial charge in [0.1, 0.15) is 0 Å². The van der Waals surface area contributed by atoms with Crippen LogP contribution in [0.15, 0.2) is 42.7 Å². The lowest BCUT2D eigenvalue weighted by atomic mass is 10.1. The first-order chi connectivity index (χ1) is 8.74. The van der Waals surface area contributed by atoms with E-state index in [1.54, 1.807) is 0 Å². The molecule has 0 spiro atoms. The molecule has 0 atom stereocenters. The van der Waals surface area contributed by atoms with Crippen molar-refractivity contribution in [3.05, 3.63) is 53.9 Å². The van der Waals surface area contributed by atoms with Crippen molar-refractivity contribution in [2.24, 2.45) is 0 Å². The first-order valence-corrected chi connectivity index (χ1v) is 6.47. The standard InChI is InChI=1S/C16H20N2/c1-4-11-18(15-9-6-10-17-12-15)16-13(2)7-5-8-14(16)3/h5-10,12H,4,11H2,1-3H3. The Morgan fingerprint density at radius 3 is 2.33 bits per heavy atom. The van der Waals surface area contributed by atoms with Crippen LogP contribution in [0.1, 0.15) is 24.5 Å². The van der Waals surface area contributed by atoms with Crippen LogP contribution in [0, 0.1) is 13.8 Å². The van der Waals surface area contributed by atoms with Gasteiger partial charge in [-0.1, -0.05) is 25.1 Å². The maximum Gasteiger partial charge on any atom is 0.0597 e. The molecule has 1 heterocycles. The molecule has 0 N–H and O–H groups in total. The van der Waals surface area contributed by atoms with Crippen LogP contribution in [0.4, 0.5) is 11.4 Å². The summed E-state index contributed by atoms with van der Waals surface area (Å²) in [6.07, 6.45) is 4.86. The molecule has 0 bridgehead atoms. The van der Waals surface area contributed by atoms with Crippen LogP contribution in [-0.2, 0) is 0 Å². The summed E-state index contributed by atoms with van der Waals surface area (Å²) >= 11 is 0. The SMILES string of the molecule is CCCN(c1cccnc1)c1c(C)cccc1C. The molecule has 18 heavy (non-hydrogen) atoms. The molecule has 2 rings (SSSR count). The first-order valence-electron chi connectivity index (χ1n) is 6.47. The molecule has 2 aromatic rings. The van der Waals surface area contributed by atoms with Gasteiger partial charge in [0.25, 0.3) is 0 Å². The van der Waals surface area contributed by atoms with Crippen molar-refractivity contribution < 1.29 is 0 Å². The molecule has 94 valence electrons. The van der Waals surface area contributed by atoms with E-state index >= 15 is 0 Å². The van der Waals surface area contributed by atoms with Crippen LogP contribution in [0.5, 0.6) is 0 Å². The lowest BCUT2D eigenvalue weighted by molar-refractivity contribution is 0.876. The summed E-state index contributed by atoms with van der Waals surface area (Å²) in [6.45, 7) is 7.55. The zero-order valence-electron chi connectivity index (χ0n) is 11.4. The van der Waals surface area contributed by atoms with Crippen molar-refractivity contribution in [2.45, 2.75) is 27.2 Å². The van der Waals surface area contributed by atoms with E-state index in [2.05, 4.69) is 54.9 Å². The molecule has 0 amide bonds. The minimum Gasteiger partial charge on any atom is -0.340 e. The highest BCUT2D eigenvalue weighted by atomic mass is 15.1. The van der Waals surface area contributed by atoms with E-state index in [9.17, 15) is 0 Å². The Balaban J connectivity index is 2.48. The predicted octanol–water partition coefficient (Wildman–Crippen LogP) is 4.25. The molecule has 1 aromatic heterocycles. The molecule has 0 aliphatic heterocycles. The molecule has 2 heteroatoms. The number of hydrogen-bond donors (Lipinski definition) is 0. The number of hydrogen-bond acceptors (Lipinski definition) is 2. The van der Waals surface area contributed by atoms with Crippen LogP contribution in [0.3, 0.4) is 0 Å². The van der Waals surface area contributed by atoms with Crippen LogP contribution in [0.2, 0.25) is 0 Å². The fourth-order valence-electron chi connectivity index (χ4n) is 2.34. The van der Waals surface area contributed by atoms with E-state index in [1.165, 1.54) is 16.8 Å². The van der Waals surface area contributed by atoms with Crippen molar-refractivity contribution in [1.82, 2.24) is 4.98 Å². The number of nitrogens with zero attached hydrogens (tertiary/aromatic N) is 2. The highest BCUT2D eigenvalue weighted by Gasteiger charge is 2.12. The van der Waals surface area contributed by atoms with Crippen molar-refractivity contribution in [2.75, 3.05) is 11.4 Å². The van der Waals surface area contributed by atoms with E-state index in [4.69, 9.17) is 0 Å². The van der Waals surface area contributed by atoms with E-state index in [1.807, 2.05) is 18.5 Å². The third-order valence-electron chi connectivity index (χ3n) is 3.11. The lowest BCUT2D eigenvalue weighted by Crippen LogP contribution is -2.20. The molecule has 0 unspecified atom stereocenters. The van der Waals surface area contributed by atoms with Gasteiger partial charge in [-0.05, 0) is 43.5 Å². The quantitative estimate of drug-likeness (QED) is 0.794. The monoisotopic (exact) mass is 240 g/mol. The van der Waals surface area contributed by atoms with Gasteiger partial charge in [-0.25, -0.2) is 0 Å². The highest BCUT2D eigenvalue weighted by Crippen LogP contribution is 2.30. The molecule has 0 saturated carbocycles. The number of aromatic nitrogens is 1. The Labute approximate surface area is 109 Å². The van der Waals surface area contributed by atoms with Crippen LogP contribution in [0.25, 0.3) is 0 Å². The normalized spacial score (nSPS) is 10.4. The second-order valence-electron chi connectivity index (χ2n) is 4.60. The topological polar surface area (TPSA) is 16.1 Å². The van der Waals surface area contributed by atoms with Gasteiger partial charge < -0.3 is 4.90 Å². The second-order valence-corrected chi connectivity index (χ2v) is 4.60. The molecule has 0 aliphatic rings. The summed E-state index contributed by atoms with van der Waals surface area (Å²) in [5, 5.41) is 0. The number of anilines is 2. The lowest BCUT2D eigenvalue weighted by Gasteiger charge is -2.27. The van der Waals surface area contributed by atoms with Crippen molar-refractivity contribution in [1.29, 1.82) is 0 Å². The average Bonchev–Trinajstić information content (AvgIpc) is 2.38. The number of rotatable bonds is 4. The zero-order valence-corrected chi connectivity index (χ0v) is 11.4. The summed E-state index contributed by atoms with van der Waals surface area (Å²) in [5.74, 6) is 0. The number of para-hydroxylation sites is 1. The summed E-state index contributed by atoms with van der Waals surface area (Å²) in [7, 11) is 0. The zero-order chi connectivity index (χ0) is 13.0. The van der Waals surface area contributed by atoms with Gasteiger partial charge in [-0.15, -0.1) is 0 Å². The molecule has 0 saturated heterocycles. The minimum atomic E-state index is 1.01. The molecule has 0 radical (unpaired) electrons. The smallest absolute Gasteiger partial charge is 0.0597 e. The van der Waals surface area contributed by atoms with Gasteiger partial charge in [0.2, 0.25) is 0 Å². The molecule has 0 aliphatic carbocycles. The van der Waals surface area contributed by atoms with Gasteiger partial charge in [-0.2, -0.15) is 0 Å². The highest BCUT2D eigenvalue weighted by molar-refractivity contribution is 5.68. The predicted molar refractivity (Wildman–Crippen MR) is 77.5 cm³/mol. The Hall–Kier alpha value is -1.83. The number of aryl methyl sites for hydroxylation is 2. The van der Waals surface area contributed by atoms with E-state index in [0.717, 1.165) is 18.7 Å². The third-order valence-corrected chi connectivity index (χ3v) is 3.11. The van der Waals surface area contributed by atoms with E-state index < -0.39 is 0 Å². The molecule has 2 nitrogen and oxygen atoms in total. The van der Waals surface area contributed by atoms with Gasteiger partial charge in [0.05, 0.1) is 11.9 Å². The van der Waals surface area contributed by atoms with Crippen LogP contribution in [-0.4, -0.2) is 11.5 Å². The van der Waals surface area contributed by atoms with Crippen LogP contribution < -0.4 is 4.90 Å². The van der Waals surface area contributed by atoms with Crippen molar-refractivity contribution in [3.63, 3.8) is 0 Å². The Kier molecular flexibility index (Phi) is 3.98.